The monoisotopic (exact) mass is 290 g/mol. The molecule has 6 heteroatoms. The summed E-state index contributed by atoms with van der Waals surface area (Å²) in [5.41, 5.74) is 0.363. The van der Waals surface area contributed by atoms with Crippen LogP contribution in [0, 0.1) is 5.92 Å². The van der Waals surface area contributed by atoms with Gasteiger partial charge in [-0.3, -0.25) is 4.79 Å². The molecular weight excluding hydrogens is 272 g/mol. The van der Waals surface area contributed by atoms with E-state index < -0.39 is 5.97 Å². The van der Waals surface area contributed by atoms with Crippen LogP contribution >= 0.6 is 0 Å². The number of hydrogen-bond acceptors (Lipinski definition) is 5. The van der Waals surface area contributed by atoms with E-state index in [1.165, 1.54) is 7.11 Å². The lowest BCUT2D eigenvalue weighted by atomic mass is 9.73. The van der Waals surface area contributed by atoms with Gasteiger partial charge in [-0.05, 0) is 49.6 Å². The first-order valence-corrected chi connectivity index (χ1v) is 6.97. The van der Waals surface area contributed by atoms with Gasteiger partial charge in [0.15, 0.2) is 6.61 Å². The van der Waals surface area contributed by atoms with Gasteiger partial charge in [-0.25, -0.2) is 4.79 Å². The minimum absolute atomic E-state index is 0.0273. The molecule has 4 rings (SSSR count). The molecule has 1 aliphatic carbocycles. The van der Waals surface area contributed by atoms with E-state index in [4.69, 9.17) is 4.74 Å². The maximum absolute atomic E-state index is 12.2. The van der Waals surface area contributed by atoms with Gasteiger partial charge in [0.2, 0.25) is 5.91 Å². The Labute approximate surface area is 122 Å². The van der Waals surface area contributed by atoms with Gasteiger partial charge in [0.1, 0.15) is 5.75 Å². The summed E-state index contributed by atoms with van der Waals surface area (Å²) < 4.78 is 9.74. The molecule has 3 fully saturated rings. The zero-order valence-corrected chi connectivity index (χ0v) is 11.8. The highest BCUT2D eigenvalue weighted by Crippen LogP contribution is 2.44. The Balaban J connectivity index is 1.54. The minimum atomic E-state index is -0.432. The number of carbonyl (C=O) groups excluding carboxylic acids is 2. The molecule has 0 spiro atoms. The Hall–Kier alpha value is -2.08. The zero-order valence-electron chi connectivity index (χ0n) is 11.8. The Morgan fingerprint density at radius 1 is 1.33 bits per heavy atom. The highest BCUT2D eigenvalue weighted by Gasteiger charge is 2.55. The Bertz CT molecular complexity index is 544. The molecular formula is C15H18N2O4. The average molecular weight is 290 g/mol. The number of carbonyl (C=O) groups is 2. The third-order valence-electron chi connectivity index (χ3n) is 4.13. The Morgan fingerprint density at radius 3 is 2.62 bits per heavy atom. The second kappa shape index (κ2) is 5.37. The third-order valence-corrected chi connectivity index (χ3v) is 4.13. The van der Waals surface area contributed by atoms with Crippen LogP contribution in [0.1, 0.15) is 12.8 Å². The first-order chi connectivity index (χ1) is 10.1. The van der Waals surface area contributed by atoms with Gasteiger partial charge < -0.3 is 20.1 Å². The van der Waals surface area contributed by atoms with E-state index in [0.717, 1.165) is 25.1 Å². The van der Waals surface area contributed by atoms with Crippen molar-refractivity contribution in [2.75, 3.05) is 25.6 Å². The average Bonchev–Trinajstić information content (AvgIpc) is 3.07. The van der Waals surface area contributed by atoms with Crippen LogP contribution in [-0.2, 0) is 14.3 Å². The number of amides is 1. The minimum Gasteiger partial charge on any atom is -0.482 e. The molecule has 6 nitrogen and oxygen atoms in total. The highest BCUT2D eigenvalue weighted by atomic mass is 16.6. The summed E-state index contributed by atoms with van der Waals surface area (Å²) in [5.74, 6) is 0.807. The van der Waals surface area contributed by atoms with Gasteiger partial charge in [0.25, 0.3) is 0 Å². The summed E-state index contributed by atoms with van der Waals surface area (Å²) in [5, 5.41) is 6.21. The van der Waals surface area contributed by atoms with Gasteiger partial charge in [-0.2, -0.15) is 0 Å². The van der Waals surface area contributed by atoms with E-state index in [-0.39, 0.29) is 18.1 Å². The number of anilines is 1. The summed E-state index contributed by atoms with van der Waals surface area (Å²) in [6.45, 7) is 0.810. The fraction of sp³-hybridized carbons (Fsp3) is 0.467. The number of methoxy groups -OCH3 is 1. The third kappa shape index (κ3) is 2.71. The van der Waals surface area contributed by atoms with E-state index in [9.17, 15) is 9.59 Å². The van der Waals surface area contributed by atoms with Gasteiger partial charge >= 0.3 is 5.97 Å². The topological polar surface area (TPSA) is 76.7 Å². The van der Waals surface area contributed by atoms with Crippen LogP contribution in [0.4, 0.5) is 5.69 Å². The molecule has 2 bridgehead atoms. The number of hydrogen-bond donors (Lipinski definition) is 2. The molecule has 0 aromatic heterocycles. The van der Waals surface area contributed by atoms with E-state index in [0.29, 0.717) is 11.7 Å². The van der Waals surface area contributed by atoms with E-state index >= 15 is 0 Å². The molecule has 1 aromatic carbocycles. The van der Waals surface area contributed by atoms with Crippen molar-refractivity contribution in [2.24, 2.45) is 5.92 Å². The van der Waals surface area contributed by atoms with Gasteiger partial charge in [-0.1, -0.05) is 0 Å². The number of ether oxygens (including phenoxy) is 2. The highest BCUT2D eigenvalue weighted by molar-refractivity contribution is 5.99. The van der Waals surface area contributed by atoms with Crippen molar-refractivity contribution in [1.29, 1.82) is 0 Å². The molecule has 2 saturated heterocycles. The fourth-order valence-electron chi connectivity index (χ4n) is 2.91. The molecule has 0 atom stereocenters. The van der Waals surface area contributed by atoms with Crippen LogP contribution in [-0.4, -0.2) is 37.7 Å². The molecule has 0 unspecified atom stereocenters. The Kier molecular flexibility index (Phi) is 3.55. The maximum atomic E-state index is 12.2. The SMILES string of the molecule is COC(=O)COc1ccc(NC(=O)C23CC(CN2)C3)cc1. The van der Waals surface area contributed by atoms with Crippen LogP contribution in [0.3, 0.4) is 0 Å². The van der Waals surface area contributed by atoms with Crippen molar-refractivity contribution in [1.82, 2.24) is 5.32 Å². The molecule has 2 N–H and O–H groups in total. The molecule has 1 saturated carbocycles. The van der Waals surface area contributed by atoms with E-state index in [2.05, 4.69) is 15.4 Å². The number of rotatable bonds is 5. The lowest BCUT2D eigenvalue weighted by Crippen LogP contribution is -2.53. The summed E-state index contributed by atoms with van der Waals surface area (Å²) in [6, 6.07) is 6.93. The first-order valence-electron chi connectivity index (χ1n) is 6.97. The molecule has 112 valence electrons. The normalized spacial score (nSPS) is 25.9. The summed E-state index contributed by atoms with van der Waals surface area (Å²) >= 11 is 0. The second-order valence-electron chi connectivity index (χ2n) is 5.58. The van der Waals surface area contributed by atoms with Crippen LogP contribution < -0.4 is 15.4 Å². The number of esters is 1. The number of nitrogens with one attached hydrogen (secondary N) is 2. The van der Waals surface area contributed by atoms with Gasteiger partial charge in [0.05, 0.1) is 12.6 Å². The largest absolute Gasteiger partial charge is 0.482 e. The van der Waals surface area contributed by atoms with Crippen molar-refractivity contribution >= 4 is 17.6 Å². The van der Waals surface area contributed by atoms with Crippen LogP contribution in [0.5, 0.6) is 5.75 Å². The number of benzene rings is 1. The van der Waals surface area contributed by atoms with Crippen LogP contribution in [0.2, 0.25) is 0 Å². The van der Waals surface area contributed by atoms with Gasteiger partial charge in [0, 0.05) is 5.69 Å². The van der Waals surface area contributed by atoms with Crippen molar-refractivity contribution in [3.63, 3.8) is 0 Å². The van der Waals surface area contributed by atoms with Crippen molar-refractivity contribution < 1.29 is 19.1 Å². The quantitative estimate of drug-likeness (QED) is 0.789. The first kappa shape index (κ1) is 13.9. The second-order valence-corrected chi connectivity index (χ2v) is 5.58. The van der Waals surface area contributed by atoms with Crippen molar-refractivity contribution in [3.8, 4) is 5.75 Å². The van der Waals surface area contributed by atoms with Crippen LogP contribution in [0.25, 0.3) is 0 Å². The zero-order chi connectivity index (χ0) is 14.9. The summed E-state index contributed by atoms with van der Waals surface area (Å²) in [7, 11) is 1.31. The molecule has 3 aliphatic rings. The molecule has 21 heavy (non-hydrogen) atoms. The summed E-state index contributed by atoms with van der Waals surface area (Å²) in [4.78, 5) is 23.2. The van der Waals surface area contributed by atoms with Gasteiger partial charge in [-0.15, -0.1) is 0 Å². The number of fused-ring (bicyclic) bond motifs is 1. The van der Waals surface area contributed by atoms with Crippen LogP contribution in [0.15, 0.2) is 24.3 Å². The standard InChI is InChI=1S/C15H18N2O4/c1-20-13(18)9-21-12-4-2-11(3-5-12)17-14(19)15-6-10(7-15)8-16-15/h2-5,10,16H,6-9H2,1H3,(H,17,19). The molecule has 2 heterocycles. The molecule has 2 aliphatic heterocycles. The molecule has 0 radical (unpaired) electrons. The Morgan fingerprint density at radius 2 is 2.05 bits per heavy atom. The lowest BCUT2D eigenvalue weighted by Gasteiger charge is -2.35. The molecule has 1 aromatic rings. The summed E-state index contributed by atoms with van der Waals surface area (Å²) in [6.07, 6.45) is 1.86. The lowest BCUT2D eigenvalue weighted by molar-refractivity contribution is -0.142. The predicted molar refractivity (Wildman–Crippen MR) is 76.0 cm³/mol. The van der Waals surface area contributed by atoms with Crippen molar-refractivity contribution in [2.45, 2.75) is 18.4 Å². The predicted octanol–water partition coefficient (Wildman–Crippen LogP) is 0.929. The maximum Gasteiger partial charge on any atom is 0.343 e. The van der Waals surface area contributed by atoms with Crippen molar-refractivity contribution in [3.05, 3.63) is 24.3 Å². The fourth-order valence-corrected chi connectivity index (χ4v) is 2.91. The van der Waals surface area contributed by atoms with E-state index in [1.807, 2.05) is 0 Å². The van der Waals surface area contributed by atoms with E-state index in [1.54, 1.807) is 24.3 Å². The smallest absolute Gasteiger partial charge is 0.343 e. The molecule has 1 amide bonds.